The number of nitro groups is 1. The molecule has 1 atom stereocenters. The zero-order valence-corrected chi connectivity index (χ0v) is 13.1. The van der Waals surface area contributed by atoms with E-state index in [1.54, 1.807) is 18.3 Å². The van der Waals surface area contributed by atoms with Crippen molar-refractivity contribution in [3.8, 4) is 5.75 Å². The molecule has 0 fully saturated rings. The molecular weight excluding hydrogens is 294 g/mol. The maximum absolute atomic E-state index is 10.6. The molecule has 6 nitrogen and oxygen atoms in total. The second kappa shape index (κ2) is 7.93. The Morgan fingerprint density at radius 1 is 1.26 bits per heavy atom. The van der Waals surface area contributed by atoms with Crippen molar-refractivity contribution in [2.75, 3.05) is 5.43 Å². The van der Waals surface area contributed by atoms with E-state index in [1.165, 1.54) is 12.1 Å². The third-order valence-corrected chi connectivity index (χ3v) is 3.30. The summed E-state index contributed by atoms with van der Waals surface area (Å²) in [5.74, 6) is 0.774. The number of rotatable bonds is 7. The summed E-state index contributed by atoms with van der Waals surface area (Å²) in [6.07, 6.45) is 2.72. The van der Waals surface area contributed by atoms with Crippen molar-refractivity contribution in [3.63, 3.8) is 0 Å². The van der Waals surface area contributed by atoms with Crippen LogP contribution in [0.4, 0.5) is 11.4 Å². The summed E-state index contributed by atoms with van der Waals surface area (Å²) in [5.41, 5.74) is 4.43. The highest BCUT2D eigenvalue weighted by Gasteiger charge is 2.05. The summed E-state index contributed by atoms with van der Waals surface area (Å²) in [4.78, 5) is 10.2. The number of hydrazone groups is 1. The summed E-state index contributed by atoms with van der Waals surface area (Å²) in [7, 11) is 0. The van der Waals surface area contributed by atoms with Crippen molar-refractivity contribution in [2.45, 2.75) is 26.4 Å². The topological polar surface area (TPSA) is 76.8 Å². The Kier molecular flexibility index (Phi) is 5.68. The largest absolute Gasteiger partial charge is 0.490 e. The van der Waals surface area contributed by atoms with Crippen molar-refractivity contribution in [2.24, 2.45) is 5.10 Å². The van der Waals surface area contributed by atoms with E-state index < -0.39 is 4.92 Å². The van der Waals surface area contributed by atoms with Gasteiger partial charge in [-0.25, -0.2) is 0 Å². The number of nitro benzene ring substituents is 1. The number of anilines is 1. The van der Waals surface area contributed by atoms with Gasteiger partial charge in [-0.05, 0) is 37.6 Å². The third kappa shape index (κ3) is 4.81. The average molecular weight is 313 g/mol. The predicted molar refractivity (Wildman–Crippen MR) is 91.1 cm³/mol. The molecule has 2 aromatic rings. The highest BCUT2D eigenvalue weighted by Crippen LogP contribution is 2.19. The second-order valence-electron chi connectivity index (χ2n) is 5.05. The van der Waals surface area contributed by atoms with Crippen LogP contribution in [0.15, 0.2) is 53.6 Å². The quantitative estimate of drug-likeness (QED) is 0.472. The summed E-state index contributed by atoms with van der Waals surface area (Å²) in [5, 5.41) is 14.8. The van der Waals surface area contributed by atoms with Gasteiger partial charge in [-0.3, -0.25) is 15.5 Å². The van der Waals surface area contributed by atoms with Crippen LogP contribution in [0.5, 0.6) is 5.75 Å². The lowest BCUT2D eigenvalue weighted by molar-refractivity contribution is -0.384. The first-order chi connectivity index (χ1) is 11.1. The second-order valence-corrected chi connectivity index (χ2v) is 5.05. The van der Waals surface area contributed by atoms with Gasteiger partial charge in [0.25, 0.3) is 5.69 Å². The van der Waals surface area contributed by atoms with Crippen molar-refractivity contribution in [1.82, 2.24) is 0 Å². The number of non-ortho nitro benzene ring substituents is 1. The van der Waals surface area contributed by atoms with Crippen LogP contribution in [0.25, 0.3) is 0 Å². The molecule has 6 heteroatoms. The van der Waals surface area contributed by atoms with Crippen molar-refractivity contribution >= 4 is 17.6 Å². The molecule has 0 amide bonds. The summed E-state index contributed by atoms with van der Waals surface area (Å²) in [6, 6.07) is 13.7. The predicted octanol–water partition coefficient (Wildman–Crippen LogP) is 4.22. The van der Waals surface area contributed by atoms with Gasteiger partial charge in [0, 0.05) is 17.7 Å². The Morgan fingerprint density at radius 3 is 2.61 bits per heavy atom. The first kappa shape index (κ1) is 16.5. The monoisotopic (exact) mass is 313 g/mol. The lowest BCUT2D eigenvalue weighted by Gasteiger charge is -2.14. The lowest BCUT2D eigenvalue weighted by Crippen LogP contribution is -2.11. The van der Waals surface area contributed by atoms with Crippen LogP contribution in [0.3, 0.4) is 0 Å². The number of hydrogen-bond donors (Lipinski definition) is 1. The Labute approximate surface area is 134 Å². The smallest absolute Gasteiger partial charge is 0.269 e. The molecule has 1 N–H and O–H groups in total. The number of benzene rings is 2. The van der Waals surface area contributed by atoms with Crippen LogP contribution in [-0.2, 0) is 0 Å². The molecule has 0 radical (unpaired) electrons. The van der Waals surface area contributed by atoms with Gasteiger partial charge in [0.15, 0.2) is 0 Å². The van der Waals surface area contributed by atoms with E-state index in [1.807, 2.05) is 31.2 Å². The normalized spacial score (nSPS) is 12.1. The first-order valence-electron chi connectivity index (χ1n) is 7.39. The van der Waals surface area contributed by atoms with Gasteiger partial charge in [-0.2, -0.15) is 5.10 Å². The number of nitrogens with zero attached hydrogens (tertiary/aromatic N) is 2. The number of ether oxygens (including phenoxy) is 1. The Hall–Kier alpha value is -2.89. The molecule has 0 aliphatic carbocycles. The molecule has 2 rings (SSSR count). The highest BCUT2D eigenvalue weighted by atomic mass is 16.6. The fourth-order valence-corrected chi connectivity index (χ4v) is 1.83. The number of para-hydroxylation sites is 1. The van der Waals surface area contributed by atoms with Crippen LogP contribution in [0, 0.1) is 10.1 Å². The molecule has 120 valence electrons. The molecule has 0 heterocycles. The van der Waals surface area contributed by atoms with E-state index >= 15 is 0 Å². The molecule has 0 aromatic heterocycles. The van der Waals surface area contributed by atoms with E-state index in [0.717, 1.165) is 17.7 Å². The minimum Gasteiger partial charge on any atom is -0.490 e. The lowest BCUT2D eigenvalue weighted by atomic mass is 10.2. The van der Waals surface area contributed by atoms with E-state index in [4.69, 9.17) is 4.74 Å². The Bertz CT molecular complexity index is 684. The summed E-state index contributed by atoms with van der Waals surface area (Å²) >= 11 is 0. The van der Waals surface area contributed by atoms with Crippen LogP contribution in [0.1, 0.15) is 25.8 Å². The molecule has 0 unspecified atom stereocenters. The molecule has 0 saturated carbocycles. The molecule has 0 bridgehead atoms. The molecule has 2 aromatic carbocycles. The van der Waals surface area contributed by atoms with Crippen molar-refractivity contribution in [1.29, 1.82) is 0 Å². The fraction of sp³-hybridized carbons (Fsp3) is 0.235. The zero-order chi connectivity index (χ0) is 16.7. The van der Waals surface area contributed by atoms with Gasteiger partial charge in [0.1, 0.15) is 5.75 Å². The highest BCUT2D eigenvalue weighted by molar-refractivity contribution is 5.84. The van der Waals surface area contributed by atoms with E-state index in [-0.39, 0.29) is 11.8 Å². The molecule has 0 spiro atoms. The molecular formula is C17H19N3O3. The fourth-order valence-electron chi connectivity index (χ4n) is 1.83. The van der Waals surface area contributed by atoms with Gasteiger partial charge in [-0.15, -0.1) is 0 Å². The minimum atomic E-state index is -0.435. The van der Waals surface area contributed by atoms with Gasteiger partial charge >= 0.3 is 0 Å². The van der Waals surface area contributed by atoms with Gasteiger partial charge in [0.05, 0.1) is 22.9 Å². The van der Waals surface area contributed by atoms with Crippen LogP contribution in [0.2, 0.25) is 0 Å². The van der Waals surface area contributed by atoms with Crippen LogP contribution < -0.4 is 10.2 Å². The van der Waals surface area contributed by atoms with E-state index in [9.17, 15) is 10.1 Å². The molecule has 0 aliphatic heterocycles. The molecule has 0 saturated heterocycles. The SMILES string of the molecule is CC[C@H](C)Oc1ccccc1/C=N/Nc1ccc([N+](=O)[O-])cc1. The molecule has 0 aliphatic rings. The number of nitrogens with one attached hydrogen (secondary N) is 1. The van der Waals surface area contributed by atoms with E-state index in [0.29, 0.717) is 5.69 Å². The van der Waals surface area contributed by atoms with Gasteiger partial charge in [-0.1, -0.05) is 19.1 Å². The average Bonchev–Trinajstić information content (AvgIpc) is 2.56. The Balaban J connectivity index is 2.04. The standard InChI is InChI=1S/C17H19N3O3/c1-3-13(2)23-17-7-5-4-6-14(17)12-18-19-15-8-10-16(11-9-15)20(21)22/h4-13,19H,3H2,1-2H3/b18-12+/t13-/m0/s1. The van der Waals surface area contributed by atoms with Crippen LogP contribution >= 0.6 is 0 Å². The van der Waals surface area contributed by atoms with E-state index in [2.05, 4.69) is 17.5 Å². The van der Waals surface area contributed by atoms with Crippen molar-refractivity contribution < 1.29 is 9.66 Å². The first-order valence-corrected chi connectivity index (χ1v) is 7.39. The van der Waals surface area contributed by atoms with Crippen molar-refractivity contribution in [3.05, 3.63) is 64.2 Å². The zero-order valence-electron chi connectivity index (χ0n) is 13.1. The third-order valence-electron chi connectivity index (χ3n) is 3.30. The summed E-state index contributed by atoms with van der Waals surface area (Å²) < 4.78 is 5.85. The van der Waals surface area contributed by atoms with Gasteiger partial charge < -0.3 is 4.74 Å². The number of hydrogen-bond acceptors (Lipinski definition) is 5. The minimum absolute atomic E-state index is 0.0480. The van der Waals surface area contributed by atoms with Gasteiger partial charge in [0.2, 0.25) is 0 Å². The van der Waals surface area contributed by atoms with Crippen LogP contribution in [-0.4, -0.2) is 17.2 Å². The summed E-state index contributed by atoms with van der Waals surface area (Å²) in [6.45, 7) is 4.08. The maximum atomic E-state index is 10.6. The maximum Gasteiger partial charge on any atom is 0.269 e. The Morgan fingerprint density at radius 2 is 1.96 bits per heavy atom. The molecule has 23 heavy (non-hydrogen) atoms.